The predicted octanol–water partition coefficient (Wildman–Crippen LogP) is 0.934. The quantitative estimate of drug-likeness (QED) is 0.827. The molecule has 3 rings (SSSR count). The van der Waals surface area contributed by atoms with Gasteiger partial charge in [0.1, 0.15) is 18.0 Å². The van der Waals surface area contributed by atoms with Crippen molar-refractivity contribution in [2.75, 3.05) is 33.3 Å². The van der Waals surface area contributed by atoms with E-state index in [0.717, 1.165) is 25.4 Å². The van der Waals surface area contributed by atoms with Gasteiger partial charge in [-0.3, -0.25) is 19.2 Å². The first-order valence-electron chi connectivity index (χ1n) is 8.45. The topological polar surface area (TPSA) is 87.9 Å². The molecule has 0 aliphatic carbocycles. The maximum absolute atomic E-state index is 12.5. The van der Waals surface area contributed by atoms with E-state index in [1.165, 1.54) is 16.4 Å². The second-order valence-electron chi connectivity index (χ2n) is 6.21. The fourth-order valence-electron chi connectivity index (χ4n) is 3.00. The summed E-state index contributed by atoms with van der Waals surface area (Å²) >= 11 is 0. The average Bonchev–Trinajstić information content (AvgIpc) is 3.09. The largest absolute Gasteiger partial charge is 0.497 e. The molecule has 0 atom stereocenters. The summed E-state index contributed by atoms with van der Waals surface area (Å²) in [5.41, 5.74) is 1.46. The van der Waals surface area contributed by atoms with Crippen molar-refractivity contribution in [3.05, 3.63) is 47.8 Å². The molecule has 1 N–H and O–H groups in total. The highest BCUT2D eigenvalue weighted by molar-refractivity contribution is 5.92. The third-order valence-electron chi connectivity index (χ3n) is 4.36. The van der Waals surface area contributed by atoms with Crippen LogP contribution in [0.4, 0.5) is 0 Å². The number of piperazine rings is 1. The van der Waals surface area contributed by atoms with Crippen molar-refractivity contribution in [2.24, 2.45) is 0 Å². The summed E-state index contributed by atoms with van der Waals surface area (Å²) in [6.07, 6.45) is 1.51. The highest BCUT2D eigenvalue weighted by Crippen LogP contribution is 2.16. The van der Waals surface area contributed by atoms with Gasteiger partial charge in [0.2, 0.25) is 0 Å². The molecule has 1 aliphatic heterocycles. The van der Waals surface area contributed by atoms with Crippen molar-refractivity contribution in [2.45, 2.75) is 13.1 Å². The van der Waals surface area contributed by atoms with Crippen LogP contribution in [0.15, 0.2) is 36.5 Å². The van der Waals surface area contributed by atoms with E-state index in [1.54, 1.807) is 18.1 Å². The number of aliphatic carboxylic acids is 1. The molecule has 26 heavy (non-hydrogen) atoms. The molecule has 1 aliphatic rings. The Morgan fingerprint density at radius 3 is 2.65 bits per heavy atom. The molecule has 2 aromatic rings. The number of hydrogen-bond acceptors (Lipinski definition) is 5. The Morgan fingerprint density at radius 2 is 1.96 bits per heavy atom. The molecule has 0 spiro atoms. The number of carbonyl (C=O) groups excluding carboxylic acids is 1. The highest BCUT2D eigenvalue weighted by atomic mass is 16.5. The van der Waals surface area contributed by atoms with Gasteiger partial charge < -0.3 is 14.7 Å². The van der Waals surface area contributed by atoms with Crippen LogP contribution >= 0.6 is 0 Å². The molecule has 8 heteroatoms. The summed E-state index contributed by atoms with van der Waals surface area (Å²) in [5.74, 6) is -0.304. The first-order chi connectivity index (χ1) is 12.5. The van der Waals surface area contributed by atoms with Crippen LogP contribution in [0.2, 0.25) is 0 Å². The first kappa shape index (κ1) is 17.9. The van der Waals surface area contributed by atoms with Crippen LogP contribution in [0.25, 0.3) is 0 Å². The minimum atomic E-state index is -0.988. The molecule has 1 aromatic carbocycles. The number of aromatic nitrogens is 2. The number of carboxylic acids is 1. The maximum atomic E-state index is 12.5. The molecule has 8 nitrogen and oxygen atoms in total. The molecule has 0 bridgehead atoms. The Morgan fingerprint density at radius 1 is 1.19 bits per heavy atom. The smallest absolute Gasteiger partial charge is 0.325 e. The van der Waals surface area contributed by atoms with E-state index in [2.05, 4.69) is 16.1 Å². The van der Waals surface area contributed by atoms with Crippen LogP contribution in [0.5, 0.6) is 5.75 Å². The number of hydrogen-bond donors (Lipinski definition) is 1. The summed E-state index contributed by atoms with van der Waals surface area (Å²) in [6, 6.07) is 9.54. The van der Waals surface area contributed by atoms with Crippen LogP contribution < -0.4 is 4.74 Å². The normalized spacial score (nSPS) is 15.0. The molecule has 0 radical (unpaired) electrons. The van der Waals surface area contributed by atoms with Crippen LogP contribution in [0.3, 0.4) is 0 Å². The van der Waals surface area contributed by atoms with Gasteiger partial charge in [0.25, 0.3) is 5.91 Å². The molecule has 0 saturated carbocycles. The minimum absolute atomic E-state index is 0.157. The van der Waals surface area contributed by atoms with Crippen molar-refractivity contribution in [1.29, 1.82) is 0 Å². The Hall–Kier alpha value is -2.87. The fraction of sp³-hybridized carbons (Fsp3) is 0.389. The SMILES string of the molecule is COc1cccc(CN2CCN(C(=O)c3ccn(CC(=O)O)n3)CC2)c1. The zero-order chi connectivity index (χ0) is 18.5. The summed E-state index contributed by atoms with van der Waals surface area (Å²) in [7, 11) is 1.65. The number of ether oxygens (including phenoxy) is 1. The van der Waals surface area contributed by atoms with Crippen molar-refractivity contribution >= 4 is 11.9 Å². The van der Waals surface area contributed by atoms with Gasteiger partial charge in [-0.25, -0.2) is 0 Å². The van der Waals surface area contributed by atoms with Crippen molar-refractivity contribution in [3.8, 4) is 5.75 Å². The summed E-state index contributed by atoms with van der Waals surface area (Å²) < 4.78 is 6.51. The number of methoxy groups -OCH3 is 1. The summed E-state index contributed by atoms with van der Waals surface area (Å²) in [4.78, 5) is 27.3. The lowest BCUT2D eigenvalue weighted by atomic mass is 10.2. The lowest BCUT2D eigenvalue weighted by molar-refractivity contribution is -0.137. The van der Waals surface area contributed by atoms with Crippen molar-refractivity contribution in [1.82, 2.24) is 19.6 Å². The Balaban J connectivity index is 1.53. The molecule has 138 valence electrons. The third kappa shape index (κ3) is 4.40. The fourth-order valence-corrected chi connectivity index (χ4v) is 3.00. The number of carbonyl (C=O) groups is 2. The van der Waals surface area contributed by atoms with E-state index in [4.69, 9.17) is 9.84 Å². The van der Waals surface area contributed by atoms with Crippen LogP contribution in [-0.4, -0.2) is 69.9 Å². The molecule has 1 fully saturated rings. The lowest BCUT2D eigenvalue weighted by Gasteiger charge is -2.34. The predicted molar refractivity (Wildman–Crippen MR) is 94.0 cm³/mol. The van der Waals surface area contributed by atoms with Crippen molar-refractivity contribution in [3.63, 3.8) is 0 Å². The van der Waals surface area contributed by atoms with Gasteiger partial charge in [0.05, 0.1) is 7.11 Å². The second-order valence-corrected chi connectivity index (χ2v) is 6.21. The molecular weight excluding hydrogens is 336 g/mol. The first-order valence-corrected chi connectivity index (χ1v) is 8.45. The van der Waals surface area contributed by atoms with E-state index in [0.29, 0.717) is 13.1 Å². The molecule has 2 heterocycles. The van der Waals surface area contributed by atoms with E-state index in [1.807, 2.05) is 18.2 Å². The molecule has 1 aromatic heterocycles. The second kappa shape index (κ2) is 8.01. The van der Waals surface area contributed by atoms with Crippen LogP contribution in [0.1, 0.15) is 16.1 Å². The molecule has 1 amide bonds. The Bertz CT molecular complexity index is 781. The van der Waals surface area contributed by atoms with E-state index in [-0.39, 0.29) is 18.1 Å². The van der Waals surface area contributed by atoms with Crippen LogP contribution in [0, 0.1) is 0 Å². The van der Waals surface area contributed by atoms with E-state index in [9.17, 15) is 9.59 Å². The monoisotopic (exact) mass is 358 g/mol. The Labute approximate surface area is 151 Å². The van der Waals surface area contributed by atoms with Gasteiger partial charge >= 0.3 is 5.97 Å². The van der Waals surface area contributed by atoms with Gasteiger partial charge in [0.15, 0.2) is 0 Å². The summed E-state index contributed by atoms with van der Waals surface area (Å²) in [6.45, 7) is 3.36. The maximum Gasteiger partial charge on any atom is 0.325 e. The zero-order valence-corrected chi connectivity index (χ0v) is 14.7. The highest BCUT2D eigenvalue weighted by Gasteiger charge is 2.23. The molecule has 1 saturated heterocycles. The van der Waals surface area contributed by atoms with Gasteiger partial charge in [-0.05, 0) is 23.8 Å². The number of carboxylic acid groups (broad SMARTS) is 1. The van der Waals surface area contributed by atoms with E-state index >= 15 is 0 Å². The summed E-state index contributed by atoms with van der Waals surface area (Å²) in [5, 5.41) is 12.8. The number of amides is 1. The third-order valence-corrected chi connectivity index (χ3v) is 4.36. The number of benzene rings is 1. The van der Waals surface area contributed by atoms with Gasteiger partial charge in [-0.1, -0.05) is 12.1 Å². The Kier molecular flexibility index (Phi) is 5.52. The van der Waals surface area contributed by atoms with Gasteiger partial charge in [-0.2, -0.15) is 5.10 Å². The number of nitrogens with zero attached hydrogens (tertiary/aromatic N) is 4. The van der Waals surface area contributed by atoms with E-state index < -0.39 is 5.97 Å². The van der Waals surface area contributed by atoms with Crippen molar-refractivity contribution < 1.29 is 19.4 Å². The number of rotatable bonds is 6. The van der Waals surface area contributed by atoms with Gasteiger partial charge in [0, 0.05) is 38.9 Å². The van der Waals surface area contributed by atoms with Gasteiger partial charge in [-0.15, -0.1) is 0 Å². The zero-order valence-electron chi connectivity index (χ0n) is 14.7. The minimum Gasteiger partial charge on any atom is -0.497 e. The average molecular weight is 358 g/mol. The molecule has 0 unspecified atom stereocenters. The molecular formula is C18H22N4O4. The standard InChI is InChI=1S/C18H22N4O4/c1-26-15-4-2-3-14(11-15)12-20-7-9-21(10-8-20)18(25)16-5-6-22(19-16)13-17(23)24/h2-6,11H,7-10,12-13H2,1H3,(H,23,24). The van der Waals surface area contributed by atoms with Crippen LogP contribution in [-0.2, 0) is 17.9 Å². The lowest BCUT2D eigenvalue weighted by Crippen LogP contribution is -2.48.